The molecule has 2 rings (SSSR count). The van der Waals surface area contributed by atoms with Crippen LogP contribution in [0.1, 0.15) is 22.5 Å². The number of alkyl halides is 2. The molecule has 0 radical (unpaired) electrons. The van der Waals surface area contributed by atoms with Crippen LogP contribution in [0, 0.1) is 0 Å². The summed E-state index contributed by atoms with van der Waals surface area (Å²) < 4.78 is 63.0. The predicted molar refractivity (Wildman–Crippen MR) is 104 cm³/mol. The second kappa shape index (κ2) is 9.51. The molecule has 0 bridgehead atoms. The molecule has 0 saturated carbocycles. The summed E-state index contributed by atoms with van der Waals surface area (Å²) in [4.78, 5) is 32.8. The minimum absolute atomic E-state index is 0.0719. The maximum absolute atomic E-state index is 13.0. The molecular formula is C17H19F2N5O6S. The van der Waals surface area contributed by atoms with E-state index in [4.69, 9.17) is 9.47 Å². The minimum atomic E-state index is -4.82. The number of anilines is 1. The second-order valence-corrected chi connectivity index (χ2v) is 7.68. The van der Waals surface area contributed by atoms with E-state index in [9.17, 15) is 26.8 Å². The fourth-order valence-electron chi connectivity index (χ4n) is 2.26. The highest BCUT2D eigenvalue weighted by Crippen LogP contribution is 2.23. The van der Waals surface area contributed by atoms with Crippen LogP contribution in [0.2, 0.25) is 0 Å². The molecule has 2 N–H and O–H groups in total. The lowest BCUT2D eigenvalue weighted by Crippen LogP contribution is -2.36. The fourth-order valence-corrected chi connectivity index (χ4v) is 3.33. The molecule has 0 fully saturated rings. The molecule has 2 heterocycles. The van der Waals surface area contributed by atoms with Crippen LogP contribution >= 0.6 is 0 Å². The van der Waals surface area contributed by atoms with Crippen molar-refractivity contribution in [2.45, 2.75) is 11.5 Å². The van der Waals surface area contributed by atoms with E-state index >= 15 is 0 Å². The molecule has 14 heteroatoms. The van der Waals surface area contributed by atoms with Crippen molar-refractivity contribution in [1.82, 2.24) is 19.6 Å². The standard InChI is InChI=1S/C17H19F2N5O6S/c1-24(2)16(25)10-5-6-11(14(18)19)20-15(10)31(27,28)23-17(26)22-12-7-9(29-3)8-13(21-12)30-4/h5-8,14H,1-4H3,(H2,21,22,23,26). The molecule has 0 atom stereocenters. The van der Waals surface area contributed by atoms with Gasteiger partial charge in [-0.3, -0.25) is 10.1 Å². The van der Waals surface area contributed by atoms with Gasteiger partial charge in [-0.25, -0.2) is 23.3 Å². The number of amides is 3. The molecular weight excluding hydrogens is 440 g/mol. The van der Waals surface area contributed by atoms with Gasteiger partial charge < -0.3 is 14.4 Å². The van der Waals surface area contributed by atoms with Gasteiger partial charge in [-0.05, 0) is 12.1 Å². The Bertz CT molecular complexity index is 1070. The molecule has 0 aromatic carbocycles. The summed E-state index contributed by atoms with van der Waals surface area (Å²) in [7, 11) is 0.525. The zero-order valence-electron chi connectivity index (χ0n) is 16.8. The highest BCUT2D eigenvalue weighted by molar-refractivity contribution is 7.90. The van der Waals surface area contributed by atoms with Crippen LogP contribution in [-0.2, 0) is 10.0 Å². The number of hydrogen-bond acceptors (Lipinski definition) is 8. The lowest BCUT2D eigenvalue weighted by atomic mass is 10.2. The molecule has 11 nitrogen and oxygen atoms in total. The molecule has 31 heavy (non-hydrogen) atoms. The fraction of sp³-hybridized carbons (Fsp3) is 0.294. The molecule has 0 aliphatic carbocycles. The van der Waals surface area contributed by atoms with Crippen molar-refractivity contribution in [3.8, 4) is 11.6 Å². The average Bonchev–Trinajstić information content (AvgIpc) is 2.71. The Balaban J connectivity index is 2.38. The molecule has 168 valence electrons. The lowest BCUT2D eigenvalue weighted by Gasteiger charge is -2.15. The monoisotopic (exact) mass is 459 g/mol. The zero-order valence-corrected chi connectivity index (χ0v) is 17.7. The van der Waals surface area contributed by atoms with E-state index in [-0.39, 0.29) is 17.4 Å². The van der Waals surface area contributed by atoms with Crippen molar-refractivity contribution in [1.29, 1.82) is 0 Å². The highest BCUT2D eigenvalue weighted by atomic mass is 32.2. The first-order chi connectivity index (χ1) is 14.5. The number of ether oxygens (including phenoxy) is 2. The number of pyridine rings is 2. The van der Waals surface area contributed by atoms with Gasteiger partial charge in [0.15, 0.2) is 5.03 Å². The Labute approximate surface area is 176 Å². The van der Waals surface area contributed by atoms with Crippen LogP contribution in [0.5, 0.6) is 11.6 Å². The first kappa shape index (κ1) is 23.7. The number of sulfonamides is 1. The topological polar surface area (TPSA) is 140 Å². The summed E-state index contributed by atoms with van der Waals surface area (Å²) in [5.41, 5.74) is -1.37. The zero-order chi connectivity index (χ0) is 23.3. The van der Waals surface area contributed by atoms with Gasteiger partial charge in [-0.15, -0.1) is 0 Å². The van der Waals surface area contributed by atoms with Crippen LogP contribution in [0.15, 0.2) is 29.3 Å². The summed E-state index contributed by atoms with van der Waals surface area (Å²) in [6.45, 7) is 0. The van der Waals surface area contributed by atoms with Gasteiger partial charge in [0.2, 0.25) is 5.88 Å². The molecule has 0 spiro atoms. The number of nitrogens with zero attached hydrogens (tertiary/aromatic N) is 3. The minimum Gasteiger partial charge on any atom is -0.496 e. The van der Waals surface area contributed by atoms with Gasteiger partial charge in [0.05, 0.1) is 19.8 Å². The Morgan fingerprint density at radius 3 is 2.32 bits per heavy atom. The number of nitrogens with one attached hydrogen (secondary N) is 2. The second-order valence-electron chi connectivity index (χ2n) is 6.08. The molecule has 0 aliphatic rings. The normalized spacial score (nSPS) is 11.1. The Morgan fingerprint density at radius 1 is 1.10 bits per heavy atom. The quantitative estimate of drug-likeness (QED) is 0.637. The van der Waals surface area contributed by atoms with Crippen LogP contribution < -0.4 is 19.5 Å². The number of hydrogen-bond donors (Lipinski definition) is 2. The molecule has 0 saturated heterocycles. The number of halogens is 2. The highest BCUT2D eigenvalue weighted by Gasteiger charge is 2.29. The molecule has 0 aliphatic heterocycles. The smallest absolute Gasteiger partial charge is 0.334 e. The molecule has 2 aromatic heterocycles. The van der Waals surface area contributed by atoms with E-state index in [1.54, 1.807) is 4.72 Å². The molecule has 0 unspecified atom stereocenters. The summed E-state index contributed by atoms with van der Waals surface area (Å²) >= 11 is 0. The van der Waals surface area contributed by atoms with Gasteiger partial charge in [-0.1, -0.05) is 0 Å². The Kier molecular flexibility index (Phi) is 7.28. The lowest BCUT2D eigenvalue weighted by molar-refractivity contribution is 0.0821. The Morgan fingerprint density at radius 2 is 1.77 bits per heavy atom. The maximum Gasteiger partial charge on any atom is 0.334 e. The van der Waals surface area contributed by atoms with E-state index in [1.165, 1.54) is 40.4 Å². The predicted octanol–water partition coefficient (Wildman–Crippen LogP) is 1.64. The van der Waals surface area contributed by atoms with E-state index in [0.717, 1.165) is 17.0 Å². The number of methoxy groups -OCH3 is 2. The van der Waals surface area contributed by atoms with E-state index in [0.29, 0.717) is 0 Å². The number of rotatable bonds is 7. The van der Waals surface area contributed by atoms with Gasteiger partial charge in [0, 0.05) is 26.2 Å². The van der Waals surface area contributed by atoms with E-state index in [1.807, 2.05) is 0 Å². The summed E-state index contributed by atoms with van der Waals surface area (Å²) in [6.07, 6.45) is -3.10. The van der Waals surface area contributed by atoms with Crippen LogP contribution in [-0.4, -0.2) is 63.5 Å². The number of aromatic nitrogens is 2. The first-order valence-electron chi connectivity index (χ1n) is 8.43. The van der Waals surface area contributed by atoms with Crippen molar-refractivity contribution in [2.24, 2.45) is 0 Å². The van der Waals surface area contributed by atoms with Crippen LogP contribution in [0.3, 0.4) is 0 Å². The van der Waals surface area contributed by atoms with Crippen molar-refractivity contribution >= 4 is 27.8 Å². The van der Waals surface area contributed by atoms with Gasteiger partial charge in [-0.2, -0.15) is 13.4 Å². The van der Waals surface area contributed by atoms with Crippen LogP contribution in [0.25, 0.3) is 0 Å². The van der Waals surface area contributed by atoms with Crippen molar-refractivity contribution in [3.05, 3.63) is 35.5 Å². The molecule has 3 amide bonds. The third-order valence-corrected chi connectivity index (χ3v) is 4.96. The SMILES string of the molecule is COc1cc(NC(=O)NS(=O)(=O)c2nc(C(F)F)ccc2C(=O)N(C)C)nc(OC)c1. The maximum atomic E-state index is 13.0. The number of carbonyl (C=O) groups is 2. The number of urea groups is 1. The third kappa shape index (κ3) is 5.75. The van der Waals surface area contributed by atoms with Crippen LogP contribution in [0.4, 0.5) is 19.4 Å². The Hall–Kier alpha value is -3.55. The summed E-state index contributed by atoms with van der Waals surface area (Å²) in [6, 6.07) is 3.14. The van der Waals surface area contributed by atoms with Crippen molar-refractivity contribution < 1.29 is 36.3 Å². The first-order valence-corrected chi connectivity index (χ1v) is 9.91. The van der Waals surface area contributed by atoms with Gasteiger partial charge >= 0.3 is 6.03 Å². The number of carbonyl (C=O) groups excluding carboxylic acids is 2. The van der Waals surface area contributed by atoms with E-state index in [2.05, 4.69) is 15.3 Å². The van der Waals surface area contributed by atoms with Crippen molar-refractivity contribution in [3.63, 3.8) is 0 Å². The third-order valence-electron chi connectivity index (χ3n) is 3.69. The average molecular weight is 459 g/mol. The van der Waals surface area contributed by atoms with E-state index < -0.39 is 44.7 Å². The summed E-state index contributed by atoms with van der Waals surface area (Å²) in [5.74, 6) is -0.603. The largest absolute Gasteiger partial charge is 0.496 e. The molecule has 2 aromatic rings. The van der Waals surface area contributed by atoms with Gasteiger partial charge in [0.1, 0.15) is 17.3 Å². The van der Waals surface area contributed by atoms with Crippen molar-refractivity contribution in [2.75, 3.05) is 33.6 Å². The van der Waals surface area contributed by atoms with Gasteiger partial charge in [0.25, 0.3) is 22.4 Å². The summed E-state index contributed by atoms with van der Waals surface area (Å²) in [5, 5.41) is 1.14.